The van der Waals surface area contributed by atoms with Crippen LogP contribution in [0.3, 0.4) is 0 Å². The van der Waals surface area contributed by atoms with E-state index < -0.39 is 10.0 Å². The Morgan fingerprint density at radius 3 is 2.86 bits per heavy atom. The molecular formula is C15H23FN2O2S. The Bertz CT molecular complexity index is 577. The molecule has 2 rings (SSSR count). The van der Waals surface area contributed by atoms with Crippen molar-refractivity contribution in [1.29, 1.82) is 0 Å². The largest absolute Gasteiger partial charge is 0.313 e. The molecule has 0 spiro atoms. The highest BCUT2D eigenvalue weighted by Gasteiger charge is 2.27. The smallest absolute Gasteiger partial charge is 0.211 e. The molecule has 0 saturated carbocycles. The predicted octanol–water partition coefficient (Wildman–Crippen LogP) is 2.15. The van der Waals surface area contributed by atoms with E-state index in [9.17, 15) is 12.8 Å². The van der Waals surface area contributed by atoms with E-state index in [0.717, 1.165) is 24.8 Å². The number of hydrogen-bond acceptors (Lipinski definition) is 3. The molecule has 1 aliphatic rings. The molecule has 2 atom stereocenters. The first-order valence-corrected chi connectivity index (χ1v) is 9.13. The molecule has 0 bridgehead atoms. The molecule has 6 heteroatoms. The fourth-order valence-electron chi connectivity index (χ4n) is 3.00. The number of hydrogen-bond donors (Lipinski definition) is 1. The average molecular weight is 314 g/mol. The van der Waals surface area contributed by atoms with E-state index in [0.29, 0.717) is 19.0 Å². The highest BCUT2D eigenvalue weighted by Crippen LogP contribution is 2.28. The molecule has 0 aliphatic carbocycles. The summed E-state index contributed by atoms with van der Waals surface area (Å²) in [6.45, 7) is 1.17. The average Bonchev–Trinajstić information content (AvgIpc) is 2.44. The lowest BCUT2D eigenvalue weighted by molar-refractivity contribution is 0.240. The van der Waals surface area contributed by atoms with Gasteiger partial charge in [-0.05, 0) is 49.9 Å². The Morgan fingerprint density at radius 1 is 1.48 bits per heavy atom. The van der Waals surface area contributed by atoms with E-state index in [4.69, 9.17) is 0 Å². The Labute approximate surface area is 126 Å². The number of sulfonamides is 1. The third-order valence-electron chi connectivity index (χ3n) is 4.12. The van der Waals surface area contributed by atoms with Gasteiger partial charge in [-0.15, -0.1) is 0 Å². The Morgan fingerprint density at radius 2 is 2.24 bits per heavy atom. The van der Waals surface area contributed by atoms with E-state index in [1.165, 1.54) is 12.3 Å². The lowest BCUT2D eigenvalue weighted by atomic mass is 9.89. The van der Waals surface area contributed by atoms with Crippen molar-refractivity contribution >= 4 is 10.0 Å². The standard InChI is InChI=1S/C15H23FN2O2S/c1-17-15(13-6-3-7-14(16)10-13)9-12-5-4-8-18(11-12)21(2,19)20/h3,6-7,10,12,15,17H,4-5,8-9,11H2,1-2H3. The van der Waals surface area contributed by atoms with Gasteiger partial charge in [0, 0.05) is 19.1 Å². The molecule has 1 aliphatic heterocycles. The van der Waals surface area contributed by atoms with Gasteiger partial charge < -0.3 is 5.32 Å². The van der Waals surface area contributed by atoms with Crippen LogP contribution < -0.4 is 5.32 Å². The molecule has 1 fully saturated rings. The topological polar surface area (TPSA) is 49.4 Å². The quantitative estimate of drug-likeness (QED) is 0.906. The van der Waals surface area contributed by atoms with Gasteiger partial charge in [0.15, 0.2) is 0 Å². The normalized spacial score (nSPS) is 22.1. The molecule has 1 N–H and O–H groups in total. The van der Waals surface area contributed by atoms with Gasteiger partial charge in [-0.3, -0.25) is 0 Å². The highest BCUT2D eigenvalue weighted by atomic mass is 32.2. The summed E-state index contributed by atoms with van der Waals surface area (Å²) < 4.78 is 38.2. The molecule has 0 amide bonds. The Kier molecular flexibility index (Phi) is 5.35. The van der Waals surface area contributed by atoms with Gasteiger partial charge in [-0.1, -0.05) is 12.1 Å². The van der Waals surface area contributed by atoms with Gasteiger partial charge in [0.1, 0.15) is 5.82 Å². The van der Waals surface area contributed by atoms with Crippen LogP contribution in [-0.2, 0) is 10.0 Å². The molecule has 0 aromatic heterocycles. The van der Waals surface area contributed by atoms with Gasteiger partial charge in [0.25, 0.3) is 0 Å². The summed E-state index contributed by atoms with van der Waals surface area (Å²) in [4.78, 5) is 0. The van der Waals surface area contributed by atoms with Gasteiger partial charge in [0.05, 0.1) is 6.26 Å². The number of nitrogens with one attached hydrogen (secondary N) is 1. The van der Waals surface area contributed by atoms with Gasteiger partial charge in [0.2, 0.25) is 10.0 Å². The summed E-state index contributed by atoms with van der Waals surface area (Å²) in [7, 11) is -1.27. The third-order valence-corrected chi connectivity index (χ3v) is 5.39. The zero-order valence-electron chi connectivity index (χ0n) is 12.5. The molecular weight excluding hydrogens is 291 g/mol. The van der Waals surface area contributed by atoms with Crippen molar-refractivity contribution in [3.05, 3.63) is 35.6 Å². The van der Waals surface area contributed by atoms with Crippen LogP contribution in [0.15, 0.2) is 24.3 Å². The molecule has 1 aromatic carbocycles. The Hall–Kier alpha value is -0.980. The zero-order chi connectivity index (χ0) is 15.5. The van der Waals surface area contributed by atoms with Crippen LogP contribution in [0.1, 0.15) is 30.9 Å². The molecule has 4 nitrogen and oxygen atoms in total. The second-order valence-electron chi connectivity index (χ2n) is 5.76. The molecule has 2 unspecified atom stereocenters. The van der Waals surface area contributed by atoms with Crippen molar-refractivity contribution in [2.45, 2.75) is 25.3 Å². The van der Waals surface area contributed by atoms with Crippen molar-refractivity contribution in [1.82, 2.24) is 9.62 Å². The Balaban J connectivity index is 2.05. The monoisotopic (exact) mass is 314 g/mol. The summed E-state index contributed by atoms with van der Waals surface area (Å²) in [6.07, 6.45) is 3.97. The maximum atomic E-state index is 13.3. The van der Waals surface area contributed by atoms with Crippen molar-refractivity contribution in [3.8, 4) is 0 Å². The summed E-state index contributed by atoms with van der Waals surface area (Å²) in [6, 6.07) is 6.63. The molecule has 0 radical (unpaired) electrons. The van der Waals surface area contributed by atoms with Crippen molar-refractivity contribution in [2.24, 2.45) is 5.92 Å². The third kappa shape index (κ3) is 4.49. The van der Waals surface area contributed by atoms with Gasteiger partial charge >= 0.3 is 0 Å². The predicted molar refractivity (Wildman–Crippen MR) is 82.0 cm³/mol. The van der Waals surface area contributed by atoms with Gasteiger partial charge in [-0.25, -0.2) is 17.1 Å². The number of halogens is 1. The molecule has 1 aromatic rings. The number of nitrogens with zero attached hydrogens (tertiary/aromatic N) is 1. The number of benzene rings is 1. The van der Waals surface area contributed by atoms with Crippen LogP contribution in [-0.4, -0.2) is 39.1 Å². The maximum Gasteiger partial charge on any atom is 0.211 e. The number of piperidine rings is 1. The van der Waals surface area contributed by atoms with Crippen LogP contribution in [0, 0.1) is 11.7 Å². The highest BCUT2D eigenvalue weighted by molar-refractivity contribution is 7.88. The molecule has 1 heterocycles. The minimum absolute atomic E-state index is 0.0465. The molecule has 118 valence electrons. The second kappa shape index (κ2) is 6.85. The van der Waals surface area contributed by atoms with Crippen LogP contribution >= 0.6 is 0 Å². The minimum atomic E-state index is -3.12. The van der Waals surface area contributed by atoms with Crippen LogP contribution in [0.4, 0.5) is 4.39 Å². The lowest BCUT2D eigenvalue weighted by Crippen LogP contribution is -2.40. The first-order valence-electron chi connectivity index (χ1n) is 7.28. The molecule has 21 heavy (non-hydrogen) atoms. The fraction of sp³-hybridized carbons (Fsp3) is 0.600. The van der Waals surface area contributed by atoms with E-state index in [1.54, 1.807) is 16.4 Å². The summed E-state index contributed by atoms with van der Waals surface area (Å²) in [5.41, 5.74) is 0.911. The van der Waals surface area contributed by atoms with E-state index in [2.05, 4.69) is 5.32 Å². The maximum absolute atomic E-state index is 13.3. The minimum Gasteiger partial charge on any atom is -0.313 e. The van der Waals surface area contributed by atoms with Gasteiger partial charge in [-0.2, -0.15) is 0 Å². The summed E-state index contributed by atoms with van der Waals surface area (Å²) in [5.74, 6) is 0.0587. The second-order valence-corrected chi connectivity index (χ2v) is 7.74. The first-order chi connectivity index (χ1) is 9.90. The van der Waals surface area contributed by atoms with E-state index in [-0.39, 0.29) is 11.9 Å². The van der Waals surface area contributed by atoms with Crippen LogP contribution in [0.25, 0.3) is 0 Å². The van der Waals surface area contributed by atoms with Crippen molar-refractivity contribution in [3.63, 3.8) is 0 Å². The van der Waals surface area contributed by atoms with E-state index >= 15 is 0 Å². The van der Waals surface area contributed by atoms with Crippen molar-refractivity contribution < 1.29 is 12.8 Å². The fourth-order valence-corrected chi connectivity index (χ4v) is 3.94. The van der Waals surface area contributed by atoms with E-state index in [1.807, 2.05) is 13.1 Å². The van der Waals surface area contributed by atoms with Crippen LogP contribution in [0.5, 0.6) is 0 Å². The van der Waals surface area contributed by atoms with Crippen molar-refractivity contribution in [2.75, 3.05) is 26.4 Å². The lowest BCUT2D eigenvalue weighted by Gasteiger charge is -2.33. The SMILES string of the molecule is CNC(CC1CCCN(S(C)(=O)=O)C1)c1cccc(F)c1. The van der Waals surface area contributed by atoms with Crippen LogP contribution in [0.2, 0.25) is 0 Å². The zero-order valence-corrected chi connectivity index (χ0v) is 13.4. The summed E-state index contributed by atoms with van der Waals surface area (Å²) in [5, 5.41) is 3.21. The summed E-state index contributed by atoms with van der Waals surface area (Å²) >= 11 is 0. The number of rotatable bonds is 5. The molecule has 1 saturated heterocycles. The first kappa shape index (κ1) is 16.4.